The van der Waals surface area contributed by atoms with Crippen molar-refractivity contribution in [1.82, 2.24) is 10.6 Å². The van der Waals surface area contributed by atoms with Crippen LogP contribution in [0.25, 0.3) is 0 Å². The number of carbonyl (C=O) groups excluding carboxylic acids is 1. The molecule has 2 rings (SSSR count). The SMILES string of the molecule is COc1ccc(C(O)CNC(=O)C2CCCN2)cc1. The Kier molecular flexibility index (Phi) is 4.76. The monoisotopic (exact) mass is 264 g/mol. The normalized spacial score (nSPS) is 20.0. The van der Waals surface area contributed by atoms with E-state index in [1.54, 1.807) is 31.4 Å². The molecule has 3 N–H and O–H groups in total. The zero-order chi connectivity index (χ0) is 13.7. The number of ether oxygens (including phenoxy) is 1. The van der Waals surface area contributed by atoms with Gasteiger partial charge in [0.15, 0.2) is 0 Å². The lowest BCUT2D eigenvalue weighted by molar-refractivity contribution is -0.123. The Morgan fingerprint density at radius 2 is 2.26 bits per heavy atom. The molecule has 2 atom stereocenters. The number of hydrogen-bond acceptors (Lipinski definition) is 4. The summed E-state index contributed by atoms with van der Waals surface area (Å²) >= 11 is 0. The summed E-state index contributed by atoms with van der Waals surface area (Å²) in [4.78, 5) is 11.8. The van der Waals surface area contributed by atoms with Gasteiger partial charge in [-0.3, -0.25) is 4.79 Å². The fourth-order valence-electron chi connectivity index (χ4n) is 2.17. The molecule has 0 radical (unpaired) electrons. The van der Waals surface area contributed by atoms with Crippen molar-refractivity contribution < 1.29 is 14.6 Å². The van der Waals surface area contributed by atoms with E-state index in [2.05, 4.69) is 10.6 Å². The first-order valence-corrected chi connectivity index (χ1v) is 6.54. The quantitative estimate of drug-likeness (QED) is 0.728. The standard InChI is InChI=1S/C14H20N2O3/c1-19-11-6-4-10(5-7-11)13(17)9-16-14(18)12-3-2-8-15-12/h4-7,12-13,15,17H,2-3,8-9H2,1H3,(H,16,18). The van der Waals surface area contributed by atoms with E-state index in [9.17, 15) is 9.90 Å². The third-order valence-electron chi connectivity index (χ3n) is 3.35. The minimum atomic E-state index is -0.698. The third kappa shape index (κ3) is 3.68. The highest BCUT2D eigenvalue weighted by atomic mass is 16.5. The summed E-state index contributed by atoms with van der Waals surface area (Å²) in [5.74, 6) is 0.709. The van der Waals surface area contributed by atoms with Crippen LogP contribution < -0.4 is 15.4 Å². The highest BCUT2D eigenvalue weighted by molar-refractivity contribution is 5.82. The van der Waals surface area contributed by atoms with Crippen molar-refractivity contribution in [3.05, 3.63) is 29.8 Å². The maximum atomic E-state index is 11.8. The molecule has 0 bridgehead atoms. The van der Waals surface area contributed by atoms with E-state index in [4.69, 9.17) is 4.74 Å². The highest BCUT2D eigenvalue weighted by Gasteiger charge is 2.22. The van der Waals surface area contributed by atoms with Gasteiger partial charge in [0.2, 0.25) is 5.91 Å². The largest absolute Gasteiger partial charge is 0.497 e. The summed E-state index contributed by atoms with van der Waals surface area (Å²) < 4.78 is 5.05. The predicted octanol–water partition coefficient (Wildman–Crippen LogP) is 0.597. The van der Waals surface area contributed by atoms with E-state index in [1.807, 2.05) is 0 Å². The summed E-state index contributed by atoms with van der Waals surface area (Å²) in [6, 6.07) is 7.06. The first-order chi connectivity index (χ1) is 9.20. The van der Waals surface area contributed by atoms with Crippen LogP contribution in [-0.2, 0) is 4.79 Å². The van der Waals surface area contributed by atoms with Crippen LogP contribution in [0.4, 0.5) is 0 Å². The molecule has 19 heavy (non-hydrogen) atoms. The van der Waals surface area contributed by atoms with Gasteiger partial charge in [0.1, 0.15) is 5.75 Å². The maximum Gasteiger partial charge on any atom is 0.237 e. The van der Waals surface area contributed by atoms with E-state index < -0.39 is 6.10 Å². The number of methoxy groups -OCH3 is 1. The number of aliphatic hydroxyl groups is 1. The van der Waals surface area contributed by atoms with Gasteiger partial charge in [-0.1, -0.05) is 12.1 Å². The van der Waals surface area contributed by atoms with Crippen LogP contribution in [-0.4, -0.2) is 37.3 Å². The topological polar surface area (TPSA) is 70.6 Å². The van der Waals surface area contributed by atoms with Crippen molar-refractivity contribution in [2.24, 2.45) is 0 Å². The van der Waals surface area contributed by atoms with Crippen LogP contribution >= 0.6 is 0 Å². The number of nitrogens with one attached hydrogen (secondary N) is 2. The fraction of sp³-hybridized carbons (Fsp3) is 0.500. The second-order valence-corrected chi connectivity index (χ2v) is 4.68. The minimum absolute atomic E-state index is 0.0370. The lowest BCUT2D eigenvalue weighted by Gasteiger charge is -2.15. The van der Waals surface area contributed by atoms with Crippen molar-refractivity contribution in [2.75, 3.05) is 20.2 Å². The van der Waals surface area contributed by atoms with Crippen LogP contribution in [0.3, 0.4) is 0 Å². The summed E-state index contributed by atoms with van der Waals surface area (Å²) in [6.45, 7) is 1.11. The molecule has 0 aliphatic carbocycles. The molecule has 0 spiro atoms. The second-order valence-electron chi connectivity index (χ2n) is 4.68. The van der Waals surface area contributed by atoms with E-state index >= 15 is 0 Å². The molecule has 1 aromatic rings. The molecular formula is C14H20N2O3. The van der Waals surface area contributed by atoms with E-state index in [1.165, 1.54) is 0 Å². The Morgan fingerprint density at radius 3 is 2.84 bits per heavy atom. The Labute approximate surface area is 113 Å². The summed E-state index contributed by atoms with van der Waals surface area (Å²) in [6.07, 6.45) is 1.19. The minimum Gasteiger partial charge on any atom is -0.497 e. The van der Waals surface area contributed by atoms with Gasteiger partial charge in [0.25, 0.3) is 0 Å². The first kappa shape index (κ1) is 13.8. The number of amides is 1. The fourth-order valence-corrected chi connectivity index (χ4v) is 2.17. The van der Waals surface area contributed by atoms with Crippen molar-refractivity contribution >= 4 is 5.91 Å². The zero-order valence-electron chi connectivity index (χ0n) is 11.1. The van der Waals surface area contributed by atoms with Gasteiger partial charge in [-0.2, -0.15) is 0 Å². The first-order valence-electron chi connectivity index (χ1n) is 6.54. The van der Waals surface area contributed by atoms with Crippen LogP contribution in [0.5, 0.6) is 5.75 Å². The smallest absolute Gasteiger partial charge is 0.237 e. The summed E-state index contributed by atoms with van der Waals surface area (Å²) in [5.41, 5.74) is 0.764. The third-order valence-corrected chi connectivity index (χ3v) is 3.35. The molecule has 1 aliphatic rings. The van der Waals surface area contributed by atoms with Gasteiger partial charge in [0, 0.05) is 6.54 Å². The Morgan fingerprint density at radius 1 is 1.53 bits per heavy atom. The molecule has 0 saturated carbocycles. The molecule has 5 nitrogen and oxygen atoms in total. The van der Waals surface area contributed by atoms with Gasteiger partial charge >= 0.3 is 0 Å². The average Bonchev–Trinajstić information content (AvgIpc) is 2.98. The molecule has 1 fully saturated rings. The number of aliphatic hydroxyl groups excluding tert-OH is 1. The van der Waals surface area contributed by atoms with Crippen molar-refractivity contribution in [3.8, 4) is 5.75 Å². The second kappa shape index (κ2) is 6.54. The van der Waals surface area contributed by atoms with Crippen LogP contribution in [0.2, 0.25) is 0 Å². The maximum absolute atomic E-state index is 11.8. The molecule has 5 heteroatoms. The molecule has 104 valence electrons. The van der Waals surface area contributed by atoms with Gasteiger partial charge in [-0.25, -0.2) is 0 Å². The molecule has 2 unspecified atom stereocenters. The Bertz CT molecular complexity index is 413. The molecule has 1 saturated heterocycles. The van der Waals surface area contributed by atoms with Crippen LogP contribution in [0, 0.1) is 0 Å². The molecule has 1 aromatic carbocycles. The summed E-state index contributed by atoms with van der Waals surface area (Å²) in [5, 5.41) is 15.9. The molecule has 1 amide bonds. The van der Waals surface area contributed by atoms with Crippen molar-refractivity contribution in [1.29, 1.82) is 0 Å². The van der Waals surface area contributed by atoms with Crippen LogP contribution in [0.1, 0.15) is 24.5 Å². The molecular weight excluding hydrogens is 244 g/mol. The van der Waals surface area contributed by atoms with Gasteiger partial charge in [-0.05, 0) is 37.1 Å². The average molecular weight is 264 g/mol. The lowest BCUT2D eigenvalue weighted by Crippen LogP contribution is -2.41. The van der Waals surface area contributed by atoms with E-state index in [-0.39, 0.29) is 18.5 Å². The van der Waals surface area contributed by atoms with Crippen molar-refractivity contribution in [3.63, 3.8) is 0 Å². The number of benzene rings is 1. The molecule has 1 heterocycles. The predicted molar refractivity (Wildman–Crippen MR) is 72.0 cm³/mol. The Hall–Kier alpha value is -1.59. The van der Waals surface area contributed by atoms with E-state index in [0.29, 0.717) is 0 Å². The van der Waals surface area contributed by atoms with Crippen LogP contribution in [0.15, 0.2) is 24.3 Å². The number of carbonyl (C=O) groups is 1. The number of rotatable bonds is 5. The van der Waals surface area contributed by atoms with Gasteiger partial charge < -0.3 is 20.5 Å². The van der Waals surface area contributed by atoms with E-state index in [0.717, 1.165) is 30.7 Å². The molecule has 0 aromatic heterocycles. The zero-order valence-corrected chi connectivity index (χ0v) is 11.1. The van der Waals surface area contributed by atoms with Gasteiger partial charge in [-0.15, -0.1) is 0 Å². The lowest BCUT2D eigenvalue weighted by atomic mass is 10.1. The van der Waals surface area contributed by atoms with Gasteiger partial charge in [0.05, 0.1) is 19.3 Å². The molecule has 1 aliphatic heterocycles. The van der Waals surface area contributed by atoms with Crippen molar-refractivity contribution in [2.45, 2.75) is 25.0 Å². The summed E-state index contributed by atoms with van der Waals surface area (Å²) in [7, 11) is 1.60. The Balaban J connectivity index is 1.82. The number of hydrogen-bond donors (Lipinski definition) is 3. The highest BCUT2D eigenvalue weighted by Crippen LogP contribution is 2.17.